The minimum Gasteiger partial charge on any atom is -0.495 e. The molecular weight excluding hydrogens is 360 g/mol. The van der Waals surface area contributed by atoms with E-state index in [2.05, 4.69) is 45.0 Å². The van der Waals surface area contributed by atoms with Gasteiger partial charge in [0.25, 0.3) is 0 Å². The molecule has 0 radical (unpaired) electrons. The van der Waals surface area contributed by atoms with Crippen LogP contribution in [0.25, 0.3) is 0 Å². The van der Waals surface area contributed by atoms with Crippen LogP contribution in [0, 0.1) is 0 Å². The molecule has 0 aliphatic carbocycles. The molecular formula is C20H24N4O2S. The molecule has 1 saturated heterocycles. The lowest BCUT2D eigenvalue weighted by Gasteiger charge is -2.28. The summed E-state index contributed by atoms with van der Waals surface area (Å²) in [6.45, 7) is 5.36. The molecule has 1 fully saturated rings. The molecule has 0 atom stereocenters. The van der Waals surface area contributed by atoms with Crippen molar-refractivity contribution in [2.24, 2.45) is 5.10 Å². The van der Waals surface area contributed by atoms with Gasteiger partial charge in [0, 0.05) is 18.8 Å². The second-order valence-electron chi connectivity index (χ2n) is 6.11. The Bertz CT molecular complexity index is 802. The molecule has 7 heteroatoms. The molecule has 1 aliphatic rings. The fourth-order valence-electron chi connectivity index (χ4n) is 2.83. The lowest BCUT2D eigenvalue weighted by Crippen LogP contribution is -2.36. The molecule has 1 aliphatic heterocycles. The number of hydrazone groups is 1. The molecule has 0 saturated carbocycles. The van der Waals surface area contributed by atoms with Crippen LogP contribution in [0.1, 0.15) is 12.5 Å². The van der Waals surface area contributed by atoms with Crippen LogP contribution in [-0.4, -0.2) is 44.2 Å². The summed E-state index contributed by atoms with van der Waals surface area (Å²) in [5.74, 6) is 0.723. The summed E-state index contributed by atoms with van der Waals surface area (Å²) in [6, 6.07) is 16.0. The molecule has 1 heterocycles. The van der Waals surface area contributed by atoms with Crippen LogP contribution in [0.2, 0.25) is 0 Å². The van der Waals surface area contributed by atoms with Gasteiger partial charge in [-0.05, 0) is 49.0 Å². The number of rotatable bonds is 5. The van der Waals surface area contributed by atoms with Gasteiger partial charge in [-0.25, -0.2) is 0 Å². The van der Waals surface area contributed by atoms with Crippen molar-refractivity contribution in [3.63, 3.8) is 0 Å². The van der Waals surface area contributed by atoms with Gasteiger partial charge in [-0.3, -0.25) is 5.43 Å². The lowest BCUT2D eigenvalue weighted by molar-refractivity contribution is 0.122. The van der Waals surface area contributed by atoms with Crippen LogP contribution >= 0.6 is 12.2 Å². The number of hydrogen-bond donors (Lipinski definition) is 2. The molecule has 0 unspecified atom stereocenters. The highest BCUT2D eigenvalue weighted by Gasteiger charge is 2.11. The summed E-state index contributed by atoms with van der Waals surface area (Å²) < 4.78 is 10.7. The first-order chi connectivity index (χ1) is 13.2. The molecule has 2 aromatic carbocycles. The maximum absolute atomic E-state index is 5.40. The molecule has 0 spiro atoms. The van der Waals surface area contributed by atoms with Crippen LogP contribution in [0.4, 0.5) is 11.4 Å². The number of nitrogens with zero attached hydrogens (tertiary/aromatic N) is 2. The Kier molecular flexibility index (Phi) is 6.62. The standard InChI is InChI=1S/C20H24N4O2S/c1-15(16-7-9-17(10-8-16)24-11-13-26-14-12-24)22-23-20(27)21-18-5-3-4-6-19(18)25-2/h3-10H,11-14H2,1-2H3,(H2,21,23,27)/b22-15+. The maximum atomic E-state index is 5.40. The van der Waals surface area contributed by atoms with Gasteiger partial charge in [0.2, 0.25) is 0 Å². The maximum Gasteiger partial charge on any atom is 0.191 e. The predicted molar refractivity (Wildman–Crippen MR) is 114 cm³/mol. The average molecular weight is 385 g/mol. The Balaban J connectivity index is 1.59. The SMILES string of the molecule is COc1ccccc1NC(=S)N/N=C(\C)c1ccc(N2CCOCC2)cc1. The minimum atomic E-state index is 0.406. The Morgan fingerprint density at radius 1 is 1.11 bits per heavy atom. The molecule has 3 rings (SSSR count). The van der Waals surface area contributed by atoms with E-state index in [1.54, 1.807) is 7.11 Å². The van der Waals surface area contributed by atoms with E-state index in [1.807, 2.05) is 31.2 Å². The minimum absolute atomic E-state index is 0.406. The second kappa shape index (κ2) is 9.34. The van der Waals surface area contributed by atoms with Crippen molar-refractivity contribution in [2.75, 3.05) is 43.6 Å². The van der Waals surface area contributed by atoms with E-state index in [4.69, 9.17) is 21.7 Å². The van der Waals surface area contributed by atoms with Crippen molar-refractivity contribution in [3.8, 4) is 5.75 Å². The van der Waals surface area contributed by atoms with Crippen molar-refractivity contribution in [3.05, 3.63) is 54.1 Å². The summed E-state index contributed by atoms with van der Waals surface area (Å²) >= 11 is 5.31. The summed E-state index contributed by atoms with van der Waals surface area (Å²) in [5.41, 5.74) is 6.78. The number of thiocarbonyl (C=S) groups is 1. The first kappa shape index (κ1) is 19.1. The van der Waals surface area contributed by atoms with Gasteiger partial charge < -0.3 is 19.7 Å². The van der Waals surface area contributed by atoms with Gasteiger partial charge >= 0.3 is 0 Å². The number of para-hydroxylation sites is 2. The molecule has 0 bridgehead atoms. The first-order valence-electron chi connectivity index (χ1n) is 8.85. The molecule has 6 nitrogen and oxygen atoms in total. The lowest BCUT2D eigenvalue weighted by atomic mass is 10.1. The number of hydrogen-bond acceptors (Lipinski definition) is 5. The van der Waals surface area contributed by atoms with Gasteiger partial charge in [0.15, 0.2) is 5.11 Å². The highest BCUT2D eigenvalue weighted by Crippen LogP contribution is 2.22. The van der Waals surface area contributed by atoms with E-state index in [9.17, 15) is 0 Å². The highest BCUT2D eigenvalue weighted by molar-refractivity contribution is 7.80. The van der Waals surface area contributed by atoms with Crippen LogP contribution in [0.15, 0.2) is 53.6 Å². The zero-order valence-electron chi connectivity index (χ0n) is 15.6. The van der Waals surface area contributed by atoms with E-state index < -0.39 is 0 Å². The van der Waals surface area contributed by atoms with Crippen molar-refractivity contribution in [1.29, 1.82) is 0 Å². The molecule has 142 valence electrons. The number of methoxy groups -OCH3 is 1. The number of ether oxygens (including phenoxy) is 2. The third kappa shape index (κ3) is 5.18. The van der Waals surface area contributed by atoms with E-state index in [0.717, 1.165) is 49.0 Å². The van der Waals surface area contributed by atoms with Crippen molar-refractivity contribution in [2.45, 2.75) is 6.92 Å². The zero-order chi connectivity index (χ0) is 19.1. The van der Waals surface area contributed by atoms with Crippen LogP contribution in [0.3, 0.4) is 0 Å². The average Bonchev–Trinajstić information content (AvgIpc) is 2.73. The summed E-state index contributed by atoms with van der Waals surface area (Å²) in [7, 11) is 1.62. The van der Waals surface area contributed by atoms with Gasteiger partial charge in [0.05, 0.1) is 31.7 Å². The smallest absolute Gasteiger partial charge is 0.191 e. The zero-order valence-corrected chi connectivity index (χ0v) is 16.4. The number of anilines is 2. The first-order valence-corrected chi connectivity index (χ1v) is 9.25. The Morgan fingerprint density at radius 3 is 2.52 bits per heavy atom. The second-order valence-corrected chi connectivity index (χ2v) is 6.52. The van der Waals surface area contributed by atoms with Crippen molar-refractivity contribution < 1.29 is 9.47 Å². The Morgan fingerprint density at radius 2 is 1.81 bits per heavy atom. The topological polar surface area (TPSA) is 58.1 Å². The van der Waals surface area contributed by atoms with Crippen LogP contribution in [0.5, 0.6) is 5.75 Å². The fourth-order valence-corrected chi connectivity index (χ4v) is 2.99. The van der Waals surface area contributed by atoms with E-state index in [0.29, 0.717) is 5.11 Å². The molecule has 0 amide bonds. The van der Waals surface area contributed by atoms with Gasteiger partial charge in [-0.15, -0.1) is 0 Å². The predicted octanol–water partition coefficient (Wildman–Crippen LogP) is 3.24. The summed E-state index contributed by atoms with van der Waals surface area (Å²) in [6.07, 6.45) is 0. The molecule has 27 heavy (non-hydrogen) atoms. The van der Waals surface area contributed by atoms with Gasteiger partial charge in [-0.1, -0.05) is 24.3 Å². The quantitative estimate of drug-likeness (QED) is 0.469. The normalized spacial score (nSPS) is 14.6. The highest BCUT2D eigenvalue weighted by atomic mass is 32.1. The molecule has 2 aromatic rings. The summed E-state index contributed by atoms with van der Waals surface area (Å²) in [4.78, 5) is 2.32. The van der Waals surface area contributed by atoms with Gasteiger partial charge in [0.1, 0.15) is 5.75 Å². The Hall–Kier alpha value is -2.64. The number of morpholine rings is 1. The van der Waals surface area contributed by atoms with E-state index in [1.165, 1.54) is 5.69 Å². The monoisotopic (exact) mass is 384 g/mol. The number of nitrogens with one attached hydrogen (secondary N) is 2. The molecule has 0 aromatic heterocycles. The van der Waals surface area contributed by atoms with Crippen LogP contribution < -0.4 is 20.4 Å². The largest absolute Gasteiger partial charge is 0.495 e. The van der Waals surface area contributed by atoms with E-state index in [-0.39, 0.29) is 0 Å². The van der Waals surface area contributed by atoms with Crippen molar-refractivity contribution >= 4 is 34.4 Å². The summed E-state index contributed by atoms with van der Waals surface area (Å²) in [5, 5.41) is 7.87. The van der Waals surface area contributed by atoms with E-state index >= 15 is 0 Å². The number of benzene rings is 2. The third-order valence-electron chi connectivity index (χ3n) is 4.34. The van der Waals surface area contributed by atoms with Crippen molar-refractivity contribution in [1.82, 2.24) is 5.43 Å². The van der Waals surface area contributed by atoms with Gasteiger partial charge in [-0.2, -0.15) is 5.10 Å². The van der Waals surface area contributed by atoms with Crippen LogP contribution in [-0.2, 0) is 4.74 Å². The third-order valence-corrected chi connectivity index (χ3v) is 4.53. The Labute approximate surface area is 165 Å². The molecule has 2 N–H and O–H groups in total. The fraction of sp³-hybridized carbons (Fsp3) is 0.300.